The van der Waals surface area contributed by atoms with Crippen molar-refractivity contribution in [3.63, 3.8) is 0 Å². The number of hydrogen-bond acceptors (Lipinski definition) is 4. The molecular formula is C8H11FO5. The molecule has 0 aliphatic carbocycles. The fourth-order valence-electron chi connectivity index (χ4n) is 0.557. The zero-order valence-corrected chi connectivity index (χ0v) is 7.82. The number of hydrogen-bond donors (Lipinski definition) is 1. The molecule has 0 fully saturated rings. The Morgan fingerprint density at radius 2 is 1.93 bits per heavy atom. The van der Waals surface area contributed by atoms with Gasteiger partial charge in [0.1, 0.15) is 0 Å². The highest BCUT2D eigenvalue weighted by atomic mass is 19.1. The maximum Gasteiger partial charge on any atom is 0.376 e. The summed E-state index contributed by atoms with van der Waals surface area (Å²) in [5.41, 5.74) is 0. The molecule has 2 atom stereocenters. The monoisotopic (exact) mass is 206 g/mol. The summed E-state index contributed by atoms with van der Waals surface area (Å²) in [6.07, 6.45) is -2.82. The topological polar surface area (TPSA) is 80.7 Å². The van der Waals surface area contributed by atoms with E-state index in [1.54, 1.807) is 6.92 Å². The molecule has 0 spiro atoms. The van der Waals surface area contributed by atoms with Crippen molar-refractivity contribution < 1.29 is 28.6 Å². The molecule has 14 heavy (non-hydrogen) atoms. The maximum absolute atomic E-state index is 12.7. The van der Waals surface area contributed by atoms with Crippen molar-refractivity contribution in [1.29, 1.82) is 0 Å². The SMILES string of the molecule is CCC(C)OC(=O)C(F)C(=O)C(=O)O. The smallest absolute Gasteiger partial charge is 0.376 e. The number of alkyl halides is 1. The Morgan fingerprint density at radius 3 is 2.29 bits per heavy atom. The van der Waals surface area contributed by atoms with Crippen LogP contribution < -0.4 is 0 Å². The lowest BCUT2D eigenvalue weighted by molar-refractivity contribution is -0.163. The van der Waals surface area contributed by atoms with E-state index in [0.717, 1.165) is 0 Å². The maximum atomic E-state index is 12.7. The molecule has 1 N–H and O–H groups in total. The first kappa shape index (κ1) is 12.5. The van der Waals surface area contributed by atoms with Gasteiger partial charge in [0.05, 0.1) is 6.10 Å². The van der Waals surface area contributed by atoms with E-state index in [2.05, 4.69) is 4.74 Å². The van der Waals surface area contributed by atoms with Crippen LogP contribution in [0, 0.1) is 0 Å². The first-order valence-corrected chi connectivity index (χ1v) is 4.01. The van der Waals surface area contributed by atoms with Gasteiger partial charge in [0.2, 0.25) is 0 Å². The van der Waals surface area contributed by atoms with Crippen LogP contribution in [0.25, 0.3) is 0 Å². The molecule has 0 amide bonds. The van der Waals surface area contributed by atoms with Crippen molar-refractivity contribution in [3.05, 3.63) is 0 Å². The normalized spacial score (nSPS) is 14.2. The molecule has 0 saturated carbocycles. The largest absolute Gasteiger partial charge is 0.475 e. The van der Waals surface area contributed by atoms with Gasteiger partial charge >= 0.3 is 11.9 Å². The lowest BCUT2D eigenvalue weighted by Crippen LogP contribution is -2.34. The molecule has 5 nitrogen and oxygen atoms in total. The number of aliphatic carboxylic acids is 1. The first-order valence-electron chi connectivity index (χ1n) is 4.01. The molecule has 2 unspecified atom stereocenters. The molecule has 6 heteroatoms. The molecule has 0 saturated heterocycles. The second kappa shape index (κ2) is 5.31. The van der Waals surface area contributed by atoms with Gasteiger partial charge in [-0.25, -0.2) is 14.0 Å². The minimum atomic E-state index is -2.73. The molecule has 0 aromatic heterocycles. The predicted octanol–water partition coefficient (Wildman–Crippen LogP) is 0.320. The number of rotatable bonds is 5. The molecule has 80 valence electrons. The minimum Gasteiger partial charge on any atom is -0.475 e. The van der Waals surface area contributed by atoms with E-state index in [-0.39, 0.29) is 0 Å². The summed E-state index contributed by atoms with van der Waals surface area (Å²) in [4.78, 5) is 31.3. The van der Waals surface area contributed by atoms with Crippen LogP contribution in [0.5, 0.6) is 0 Å². The van der Waals surface area contributed by atoms with Crippen LogP contribution in [0.15, 0.2) is 0 Å². The summed E-state index contributed by atoms with van der Waals surface area (Å²) in [5.74, 6) is -5.25. The molecule has 0 aromatic carbocycles. The number of halogens is 1. The number of carbonyl (C=O) groups excluding carboxylic acids is 2. The molecule has 0 heterocycles. The molecule has 0 rings (SSSR count). The standard InChI is InChI=1S/C8H11FO5/c1-3-4(2)14-8(13)5(9)6(10)7(11)12/h4-5H,3H2,1-2H3,(H,11,12). The second-order valence-electron chi connectivity index (χ2n) is 2.69. The van der Waals surface area contributed by atoms with E-state index in [0.29, 0.717) is 6.42 Å². The summed E-state index contributed by atoms with van der Waals surface area (Å²) in [6.45, 7) is 3.21. The number of ketones is 1. The van der Waals surface area contributed by atoms with Gasteiger partial charge in [-0.05, 0) is 13.3 Å². The van der Waals surface area contributed by atoms with Crippen molar-refractivity contribution >= 4 is 17.7 Å². The molecular weight excluding hydrogens is 195 g/mol. The molecule has 0 aliphatic rings. The minimum absolute atomic E-state index is 0.458. The Hall–Kier alpha value is -1.46. The van der Waals surface area contributed by atoms with Crippen LogP contribution in [-0.4, -0.2) is 35.1 Å². The third kappa shape index (κ3) is 3.51. The van der Waals surface area contributed by atoms with Gasteiger partial charge in [-0.15, -0.1) is 0 Å². The Morgan fingerprint density at radius 1 is 1.43 bits per heavy atom. The fraction of sp³-hybridized carbons (Fsp3) is 0.625. The summed E-state index contributed by atoms with van der Waals surface area (Å²) >= 11 is 0. The quantitative estimate of drug-likeness (QED) is 0.398. The van der Waals surface area contributed by atoms with Crippen LogP contribution in [-0.2, 0) is 19.1 Å². The number of carbonyl (C=O) groups is 3. The van der Waals surface area contributed by atoms with E-state index >= 15 is 0 Å². The van der Waals surface area contributed by atoms with E-state index in [9.17, 15) is 18.8 Å². The van der Waals surface area contributed by atoms with Gasteiger partial charge in [0.25, 0.3) is 12.0 Å². The van der Waals surface area contributed by atoms with Gasteiger partial charge in [-0.1, -0.05) is 6.92 Å². The third-order valence-corrected chi connectivity index (χ3v) is 1.54. The van der Waals surface area contributed by atoms with Crippen molar-refractivity contribution in [2.24, 2.45) is 0 Å². The highest BCUT2D eigenvalue weighted by Gasteiger charge is 2.33. The first-order chi connectivity index (χ1) is 6.40. The third-order valence-electron chi connectivity index (χ3n) is 1.54. The number of Topliss-reactive ketones (excluding diaryl/α,β-unsaturated/α-hetero) is 1. The fourth-order valence-corrected chi connectivity index (χ4v) is 0.557. The van der Waals surface area contributed by atoms with E-state index < -0.39 is 30.0 Å². The lowest BCUT2D eigenvalue weighted by Gasteiger charge is -2.11. The van der Waals surface area contributed by atoms with Crippen LogP contribution in [0.2, 0.25) is 0 Å². The molecule has 0 radical (unpaired) electrons. The number of ether oxygens (including phenoxy) is 1. The van der Waals surface area contributed by atoms with E-state index in [1.165, 1.54) is 6.92 Å². The summed E-state index contributed by atoms with van der Waals surface area (Å²) in [5, 5.41) is 8.10. The highest BCUT2D eigenvalue weighted by Crippen LogP contribution is 2.03. The van der Waals surface area contributed by atoms with Crippen LogP contribution >= 0.6 is 0 Å². The Labute approximate surface area is 79.9 Å². The Bertz CT molecular complexity index is 250. The average molecular weight is 206 g/mol. The van der Waals surface area contributed by atoms with Crippen molar-refractivity contribution in [2.45, 2.75) is 32.5 Å². The van der Waals surface area contributed by atoms with E-state index in [1.807, 2.05) is 0 Å². The summed E-state index contributed by atoms with van der Waals surface area (Å²) < 4.78 is 17.2. The average Bonchev–Trinajstić information content (AvgIpc) is 2.14. The van der Waals surface area contributed by atoms with Gasteiger partial charge in [-0.3, -0.25) is 4.79 Å². The van der Waals surface area contributed by atoms with Gasteiger partial charge in [0, 0.05) is 0 Å². The summed E-state index contributed by atoms with van der Waals surface area (Å²) in [6, 6.07) is 0. The zero-order valence-electron chi connectivity index (χ0n) is 7.82. The van der Waals surface area contributed by atoms with Crippen molar-refractivity contribution in [2.75, 3.05) is 0 Å². The van der Waals surface area contributed by atoms with Gasteiger partial charge < -0.3 is 9.84 Å². The van der Waals surface area contributed by atoms with Crippen molar-refractivity contribution in [3.8, 4) is 0 Å². The Balaban J connectivity index is 4.26. The van der Waals surface area contributed by atoms with Crippen LogP contribution in [0.3, 0.4) is 0 Å². The number of esters is 1. The predicted molar refractivity (Wildman–Crippen MR) is 43.4 cm³/mol. The number of carboxylic acids is 1. The van der Waals surface area contributed by atoms with Crippen molar-refractivity contribution in [1.82, 2.24) is 0 Å². The van der Waals surface area contributed by atoms with Crippen LogP contribution in [0.4, 0.5) is 4.39 Å². The Kier molecular flexibility index (Phi) is 4.76. The summed E-state index contributed by atoms with van der Waals surface area (Å²) in [7, 11) is 0. The zero-order chi connectivity index (χ0) is 11.3. The lowest BCUT2D eigenvalue weighted by atomic mass is 10.2. The van der Waals surface area contributed by atoms with Crippen LogP contribution in [0.1, 0.15) is 20.3 Å². The number of carboxylic acid groups (broad SMARTS) is 1. The second-order valence-corrected chi connectivity index (χ2v) is 2.69. The van der Waals surface area contributed by atoms with E-state index in [4.69, 9.17) is 5.11 Å². The highest BCUT2D eigenvalue weighted by molar-refractivity contribution is 6.38. The molecule has 0 aromatic rings. The molecule has 0 aliphatic heterocycles. The van der Waals surface area contributed by atoms with Gasteiger partial charge in [-0.2, -0.15) is 0 Å². The molecule has 0 bridgehead atoms. The van der Waals surface area contributed by atoms with Gasteiger partial charge in [0.15, 0.2) is 0 Å².